The van der Waals surface area contributed by atoms with Crippen molar-refractivity contribution in [2.45, 2.75) is 59.3 Å². The van der Waals surface area contributed by atoms with E-state index in [1.807, 2.05) is 98.9 Å². The Morgan fingerprint density at radius 1 is 0.391 bits per heavy atom. The second kappa shape index (κ2) is 42.2. The van der Waals surface area contributed by atoms with Gasteiger partial charge in [-0.25, -0.2) is 15.0 Å². The summed E-state index contributed by atoms with van der Waals surface area (Å²) in [6.07, 6.45) is 25.5. The molecule has 22 nitrogen and oxygen atoms in total. The molecule has 10 heterocycles. The van der Waals surface area contributed by atoms with Crippen molar-refractivity contribution < 1.29 is 47.7 Å². The lowest BCUT2D eigenvalue weighted by Crippen LogP contribution is -2.06. The molecule has 10 aromatic heterocycles. The minimum atomic E-state index is -0.0489. The summed E-state index contributed by atoms with van der Waals surface area (Å²) >= 11 is 8.98. The van der Waals surface area contributed by atoms with E-state index in [9.17, 15) is 24.0 Å². The van der Waals surface area contributed by atoms with Crippen LogP contribution in [-0.2, 0) is 45.6 Å². The number of carbonyl (C=O) groups is 5. The zero-order valence-electron chi connectivity index (χ0n) is 62.7. The van der Waals surface area contributed by atoms with Crippen molar-refractivity contribution in [1.82, 2.24) is 59.6 Å². The van der Waals surface area contributed by atoms with Crippen molar-refractivity contribution in [1.29, 1.82) is 0 Å². The highest BCUT2D eigenvalue weighted by atomic mass is 35.5. The van der Waals surface area contributed by atoms with Gasteiger partial charge in [0.15, 0.2) is 34.7 Å². The van der Waals surface area contributed by atoms with Gasteiger partial charge in [0.25, 0.3) is 0 Å². The van der Waals surface area contributed by atoms with Gasteiger partial charge in [-0.3, -0.25) is 63.5 Å². The molecule has 0 N–H and O–H groups in total. The number of rotatable bonds is 26. The molecule has 115 heavy (non-hydrogen) atoms. The number of hydrogen-bond acceptors (Lipinski definition) is 23. The summed E-state index contributed by atoms with van der Waals surface area (Å²) < 4.78 is 30.1. The molecule has 0 spiro atoms. The first kappa shape index (κ1) is 81.7. The number of ether oxygens (including phenoxy) is 5. The zero-order valence-corrected chi connectivity index (χ0v) is 65.1. The number of aromatic nitrogens is 12. The van der Waals surface area contributed by atoms with Crippen molar-refractivity contribution in [3.05, 3.63) is 374 Å². The van der Waals surface area contributed by atoms with Crippen molar-refractivity contribution >= 4 is 63.2 Å². The van der Waals surface area contributed by atoms with Gasteiger partial charge >= 0.3 is 0 Å². The van der Waals surface area contributed by atoms with E-state index in [0.717, 1.165) is 40.0 Å². The van der Waals surface area contributed by atoms with Crippen molar-refractivity contribution in [2.75, 3.05) is 0 Å². The molecule has 0 aliphatic rings. The highest BCUT2D eigenvalue weighted by Crippen LogP contribution is 2.30. The number of nitrogens with zero attached hydrogens (tertiary/aromatic N) is 12. The normalized spacial score (nSPS) is 10.3. The largest absolute Gasteiger partial charge is 0.456 e. The van der Waals surface area contributed by atoms with E-state index in [0.29, 0.717) is 107 Å². The summed E-state index contributed by atoms with van der Waals surface area (Å²) in [4.78, 5) is 103. The van der Waals surface area contributed by atoms with Gasteiger partial charge in [-0.05, 0) is 178 Å². The van der Waals surface area contributed by atoms with Crippen LogP contribution in [0.1, 0.15) is 109 Å². The van der Waals surface area contributed by atoms with Gasteiger partial charge in [-0.15, -0.1) is 29.1 Å². The van der Waals surface area contributed by atoms with Gasteiger partial charge < -0.3 is 23.7 Å². The van der Waals surface area contributed by atoms with Crippen LogP contribution in [0.15, 0.2) is 291 Å². The van der Waals surface area contributed by atoms with E-state index in [2.05, 4.69) is 60.9 Å². The van der Waals surface area contributed by atoms with Gasteiger partial charge in [0.2, 0.25) is 0 Å². The maximum atomic E-state index is 12.5. The van der Waals surface area contributed by atoms with Gasteiger partial charge in [-0.1, -0.05) is 79.2 Å². The average molecular weight is 1580 g/mol. The second-order valence-electron chi connectivity index (χ2n) is 24.9. The second-order valence-corrected chi connectivity index (χ2v) is 27.2. The van der Waals surface area contributed by atoms with E-state index in [4.69, 9.17) is 41.7 Å². The first-order valence-corrected chi connectivity index (χ1v) is 37.9. The van der Waals surface area contributed by atoms with Gasteiger partial charge in [0.1, 0.15) is 79.0 Å². The minimum Gasteiger partial charge on any atom is -0.456 e. The summed E-state index contributed by atoms with van der Waals surface area (Å²) in [6, 6.07) is 62.7. The lowest BCUT2D eigenvalue weighted by molar-refractivity contribution is 0.0982. The lowest BCUT2D eigenvalue weighted by Gasteiger charge is -2.08. The molecule has 0 fully saturated rings. The fourth-order valence-electron chi connectivity index (χ4n) is 10.6. The number of halogens is 1. The molecule has 0 saturated heterocycles. The number of benzene rings is 5. The Morgan fingerprint density at radius 3 is 1.18 bits per heavy atom. The molecular weight excluding hydrogens is 1510 g/mol. The number of Topliss-reactive ketones (excluding diaryl/α,β-unsaturated/α-hetero) is 5. The maximum Gasteiger partial charge on any atom is 0.170 e. The molecule has 0 atom stereocenters. The number of pyridine rings is 7. The summed E-state index contributed by atoms with van der Waals surface area (Å²) in [5.74, 6) is 9.69. The monoisotopic (exact) mass is 1580 g/mol. The molecular formula is C90H73ClN12O10S2. The Bertz CT molecular complexity index is 5740. The number of hydrogen-bond donors (Lipinski definition) is 0. The molecule has 0 unspecified atom stereocenters. The molecule has 0 radical (unpaired) electrons. The van der Waals surface area contributed by atoms with Crippen molar-refractivity contribution in [2.24, 2.45) is 7.05 Å². The Balaban J connectivity index is 0.000000142. The topological polar surface area (TPSA) is 278 Å². The maximum absolute atomic E-state index is 12.5. The molecule has 0 bridgehead atoms. The fraction of sp³-hybridized carbons (Fsp3) is 0.111. The Hall–Kier alpha value is -14.3. The number of carbonyl (C=O) groups excluding carboxylic acids is 5. The molecule has 0 aliphatic heterocycles. The number of aryl methyl sites for hydroxylation is 4. The third-order valence-electron chi connectivity index (χ3n) is 16.1. The summed E-state index contributed by atoms with van der Waals surface area (Å²) in [5.41, 5.74) is 6.88. The van der Waals surface area contributed by atoms with Crippen LogP contribution in [-0.4, -0.2) is 88.5 Å². The smallest absolute Gasteiger partial charge is 0.170 e. The van der Waals surface area contributed by atoms with Gasteiger partial charge in [-0.2, -0.15) is 5.10 Å². The Morgan fingerprint density at radius 2 is 0.783 bits per heavy atom. The van der Waals surface area contributed by atoms with Crippen LogP contribution in [0.2, 0.25) is 5.02 Å². The van der Waals surface area contributed by atoms with Crippen LogP contribution in [0.3, 0.4) is 0 Å². The van der Waals surface area contributed by atoms with E-state index < -0.39 is 0 Å². The van der Waals surface area contributed by atoms with Gasteiger partial charge in [0, 0.05) is 111 Å². The highest BCUT2D eigenvalue weighted by molar-refractivity contribution is 7.10. The van der Waals surface area contributed by atoms with Crippen LogP contribution in [0.5, 0.6) is 57.5 Å². The lowest BCUT2D eigenvalue weighted by atomic mass is 10.1. The van der Waals surface area contributed by atoms with Crippen LogP contribution >= 0.6 is 34.3 Å². The Labute approximate surface area is 676 Å². The summed E-state index contributed by atoms with van der Waals surface area (Å²) in [6.45, 7) is 5.81. The van der Waals surface area contributed by atoms with Crippen LogP contribution in [0.4, 0.5) is 0 Å². The summed E-state index contributed by atoms with van der Waals surface area (Å²) in [5, 5.41) is 9.86. The SMILES string of the molecule is C#Cc1csc(CC(=O)c2cccc(Oc3cccnc3)c2)n1.CCc1cccc(CC(=O)c2cccc(Oc3cccnc3)c2)n1.Cc1csc(CC(=O)c2cc(Cl)cc(Oc3cccnc3)c2)n1.Cc1nc(CC(=O)c2cccc(Oc3cccnc3)c2)nn1C.O=C(Cc1ccccn1)c1cccc(Oc2cccnc2)c1. The van der Waals surface area contributed by atoms with E-state index in [-0.39, 0.29) is 61.0 Å². The number of thiazole rings is 2. The predicted molar refractivity (Wildman–Crippen MR) is 439 cm³/mol. The molecule has 0 saturated carbocycles. The Kier molecular flexibility index (Phi) is 30.0. The van der Waals surface area contributed by atoms with Gasteiger partial charge in [0.05, 0.1) is 63.1 Å². The van der Waals surface area contributed by atoms with E-state index in [1.165, 1.54) is 22.7 Å². The molecule has 0 aliphatic carbocycles. The first-order valence-electron chi connectivity index (χ1n) is 35.8. The average Bonchev–Trinajstić information content (AvgIpc) is 1.56. The molecule has 0 amide bonds. The van der Waals surface area contributed by atoms with Crippen LogP contribution < -0.4 is 23.7 Å². The fourth-order valence-corrected chi connectivity index (χ4v) is 12.3. The quantitative estimate of drug-likeness (QED) is 0.0360. The van der Waals surface area contributed by atoms with E-state index >= 15 is 0 Å². The number of ketones is 5. The molecule has 572 valence electrons. The third kappa shape index (κ3) is 26.5. The van der Waals surface area contributed by atoms with Crippen molar-refractivity contribution in [3.63, 3.8) is 0 Å². The standard InChI is InChI=1S/C20H18N2O2.C18H12N2O2S.C18H14N2O2.C17H13ClN2O2S.C17H16N4O2/c1-2-16-7-4-8-17(22-16)13-20(23)15-6-3-9-18(12-15)24-19-10-5-11-21-14-19;1-2-14-12-23-18(20-14)10-17(21)13-5-3-6-15(9-13)22-16-7-4-8-19-11-16;21-18(12-15-6-1-2-10-20-15)14-5-3-7-16(11-14)22-17-8-4-9-19-13-17;1-11-10-23-17(20-11)8-16(21)12-5-13(18)7-15(6-12)22-14-3-2-4-19-9-14;1-12-19-17(20-21(12)2)10-16(22)13-5-3-6-14(9-13)23-15-7-4-8-18-11-15/h3-12,14H,2,13H2,1H3;1,3-9,11-12H,10H2;1-11,13H,12H2;2-7,9-10H,8H2,1H3;3-9,11H,10H2,1-2H3. The third-order valence-corrected chi connectivity index (χ3v) is 18.2. The predicted octanol–water partition coefficient (Wildman–Crippen LogP) is 19.1. The van der Waals surface area contributed by atoms with Crippen LogP contribution in [0, 0.1) is 26.2 Å². The zero-order chi connectivity index (χ0) is 80.5. The molecule has 5 aromatic carbocycles. The van der Waals surface area contributed by atoms with Crippen LogP contribution in [0.25, 0.3) is 0 Å². The van der Waals surface area contributed by atoms with Crippen molar-refractivity contribution in [3.8, 4) is 69.8 Å². The first-order chi connectivity index (χ1) is 56.0. The molecule has 25 heteroatoms. The molecule has 15 aromatic rings. The number of terminal acetylenes is 1. The van der Waals surface area contributed by atoms with E-state index in [1.54, 1.807) is 225 Å². The highest BCUT2D eigenvalue weighted by Gasteiger charge is 2.18. The summed E-state index contributed by atoms with van der Waals surface area (Å²) in [7, 11) is 1.80. The minimum absolute atomic E-state index is 0.00957. The molecule has 15 rings (SSSR count).